The molecule has 0 aliphatic rings. The molecule has 0 aliphatic heterocycles. The van der Waals surface area contributed by atoms with Crippen molar-refractivity contribution in [1.29, 1.82) is 0 Å². The molecule has 3 rings (SSSR count). The highest BCUT2D eigenvalue weighted by Gasteiger charge is 2.18. The van der Waals surface area contributed by atoms with E-state index >= 15 is 0 Å². The zero-order valence-electron chi connectivity index (χ0n) is 15.6. The first-order valence-corrected chi connectivity index (χ1v) is 9.31. The number of amides is 1. The summed E-state index contributed by atoms with van der Waals surface area (Å²) in [7, 11) is 0. The normalized spacial score (nSPS) is 11.9. The minimum absolute atomic E-state index is 0.117. The molecule has 0 bridgehead atoms. The lowest BCUT2D eigenvalue weighted by atomic mass is 10.1. The Bertz CT molecular complexity index is 864. The lowest BCUT2D eigenvalue weighted by Gasteiger charge is -2.17. The van der Waals surface area contributed by atoms with Crippen LogP contribution in [0, 0.1) is 0 Å². The van der Waals surface area contributed by atoms with Gasteiger partial charge in [0.1, 0.15) is 5.75 Å². The first-order valence-electron chi connectivity index (χ1n) is 9.31. The van der Waals surface area contributed by atoms with Gasteiger partial charge in [-0.25, -0.2) is 0 Å². The van der Waals surface area contributed by atoms with Crippen molar-refractivity contribution >= 4 is 16.7 Å². The molecule has 3 aromatic rings. The Labute approximate surface area is 160 Å². The molecule has 27 heavy (non-hydrogen) atoms. The van der Waals surface area contributed by atoms with Crippen molar-refractivity contribution in [3.63, 3.8) is 0 Å². The first-order chi connectivity index (χ1) is 13.3. The summed E-state index contributed by atoms with van der Waals surface area (Å²) < 4.78 is 11.5. The molecule has 0 aromatic heterocycles. The van der Waals surface area contributed by atoms with Crippen molar-refractivity contribution in [2.45, 2.75) is 26.1 Å². The van der Waals surface area contributed by atoms with Gasteiger partial charge in [0.25, 0.3) is 5.91 Å². The average molecular weight is 363 g/mol. The highest BCUT2D eigenvalue weighted by atomic mass is 16.5. The summed E-state index contributed by atoms with van der Waals surface area (Å²) in [4.78, 5) is 12.4. The van der Waals surface area contributed by atoms with E-state index in [1.54, 1.807) is 0 Å². The molecule has 0 aliphatic carbocycles. The molecule has 0 heterocycles. The zero-order valence-corrected chi connectivity index (χ0v) is 15.6. The highest BCUT2D eigenvalue weighted by molar-refractivity contribution is 5.84. The number of rotatable bonds is 9. The van der Waals surface area contributed by atoms with Crippen molar-refractivity contribution in [2.75, 3.05) is 13.2 Å². The third-order valence-corrected chi connectivity index (χ3v) is 4.32. The van der Waals surface area contributed by atoms with Gasteiger partial charge in [0.15, 0.2) is 6.10 Å². The summed E-state index contributed by atoms with van der Waals surface area (Å²) in [6.45, 7) is 3.41. The van der Waals surface area contributed by atoms with Crippen LogP contribution >= 0.6 is 0 Å². The van der Waals surface area contributed by atoms with Crippen LogP contribution in [0.25, 0.3) is 10.8 Å². The Morgan fingerprint density at radius 1 is 0.963 bits per heavy atom. The van der Waals surface area contributed by atoms with Gasteiger partial charge in [0.2, 0.25) is 0 Å². The third-order valence-electron chi connectivity index (χ3n) is 4.32. The minimum atomic E-state index is -0.514. The smallest absolute Gasteiger partial charge is 0.261 e. The second-order valence-corrected chi connectivity index (χ2v) is 6.35. The summed E-state index contributed by atoms with van der Waals surface area (Å²) >= 11 is 0. The second kappa shape index (κ2) is 9.74. The van der Waals surface area contributed by atoms with E-state index in [1.165, 1.54) is 0 Å². The minimum Gasteiger partial charge on any atom is -0.481 e. The van der Waals surface area contributed by atoms with E-state index in [0.29, 0.717) is 31.9 Å². The number of carbonyl (C=O) groups excluding carboxylic acids is 1. The Kier molecular flexibility index (Phi) is 6.83. The van der Waals surface area contributed by atoms with E-state index < -0.39 is 6.10 Å². The van der Waals surface area contributed by atoms with Gasteiger partial charge < -0.3 is 14.8 Å². The Balaban J connectivity index is 1.45. The van der Waals surface area contributed by atoms with Crippen LogP contribution in [0.15, 0.2) is 72.8 Å². The fraction of sp³-hybridized carbons (Fsp3) is 0.261. The molecule has 4 nitrogen and oxygen atoms in total. The number of fused-ring (bicyclic) bond motifs is 1. The van der Waals surface area contributed by atoms with Crippen LogP contribution in [-0.4, -0.2) is 25.2 Å². The summed E-state index contributed by atoms with van der Waals surface area (Å²) in [5.74, 6) is 0.588. The fourth-order valence-electron chi connectivity index (χ4n) is 2.85. The molecular weight excluding hydrogens is 338 g/mol. The second-order valence-electron chi connectivity index (χ2n) is 6.35. The summed E-state index contributed by atoms with van der Waals surface area (Å²) in [6, 6.07) is 23.9. The molecule has 3 aromatic carbocycles. The molecule has 1 N–H and O–H groups in total. The van der Waals surface area contributed by atoms with Crippen LogP contribution in [-0.2, 0) is 16.1 Å². The molecule has 0 saturated carbocycles. The van der Waals surface area contributed by atoms with E-state index in [4.69, 9.17) is 9.47 Å². The quantitative estimate of drug-likeness (QED) is 0.576. The highest BCUT2D eigenvalue weighted by Crippen LogP contribution is 2.22. The lowest BCUT2D eigenvalue weighted by molar-refractivity contribution is -0.128. The maximum Gasteiger partial charge on any atom is 0.261 e. The fourth-order valence-corrected chi connectivity index (χ4v) is 2.85. The lowest BCUT2D eigenvalue weighted by Crippen LogP contribution is -2.39. The van der Waals surface area contributed by atoms with Crippen LogP contribution in [0.5, 0.6) is 5.75 Å². The molecule has 0 spiro atoms. The van der Waals surface area contributed by atoms with Crippen LogP contribution in [0.2, 0.25) is 0 Å². The predicted molar refractivity (Wildman–Crippen MR) is 108 cm³/mol. The van der Waals surface area contributed by atoms with Crippen molar-refractivity contribution in [3.8, 4) is 5.75 Å². The molecular formula is C23H25NO3. The van der Waals surface area contributed by atoms with Gasteiger partial charge in [-0.05, 0) is 34.9 Å². The van der Waals surface area contributed by atoms with E-state index in [1.807, 2.05) is 73.7 Å². The largest absolute Gasteiger partial charge is 0.481 e. The molecule has 1 atom stereocenters. The number of ether oxygens (including phenoxy) is 2. The number of nitrogens with one attached hydrogen (secondary N) is 1. The van der Waals surface area contributed by atoms with Gasteiger partial charge in [-0.2, -0.15) is 0 Å². The van der Waals surface area contributed by atoms with E-state index in [2.05, 4.69) is 11.4 Å². The molecule has 140 valence electrons. The molecule has 0 unspecified atom stereocenters. The Hall–Kier alpha value is -2.85. The maximum absolute atomic E-state index is 12.4. The summed E-state index contributed by atoms with van der Waals surface area (Å²) in [5, 5.41) is 5.14. The van der Waals surface area contributed by atoms with Crippen LogP contribution < -0.4 is 10.1 Å². The van der Waals surface area contributed by atoms with E-state index in [0.717, 1.165) is 16.3 Å². The SMILES string of the molecule is CC[C@H](Oc1ccc2ccccc2c1)C(=O)NCCOCc1ccccc1. The number of hydrogen-bond acceptors (Lipinski definition) is 3. The zero-order chi connectivity index (χ0) is 18.9. The summed E-state index contributed by atoms with van der Waals surface area (Å²) in [5.41, 5.74) is 1.12. The molecule has 4 heteroatoms. The standard InChI is InChI=1S/C23H25NO3/c1-2-22(27-21-13-12-19-10-6-7-11-20(19)16-21)23(25)24-14-15-26-17-18-8-4-3-5-9-18/h3-13,16,22H,2,14-15,17H2,1H3,(H,24,25)/t22-/m0/s1. The maximum atomic E-state index is 12.4. The predicted octanol–water partition coefficient (Wildman–Crippen LogP) is 4.33. The van der Waals surface area contributed by atoms with Gasteiger partial charge in [0.05, 0.1) is 13.2 Å². The van der Waals surface area contributed by atoms with Gasteiger partial charge in [-0.3, -0.25) is 4.79 Å². The third kappa shape index (κ3) is 5.56. The molecule has 0 radical (unpaired) electrons. The molecule has 1 amide bonds. The average Bonchev–Trinajstić information content (AvgIpc) is 2.72. The van der Waals surface area contributed by atoms with E-state index in [-0.39, 0.29) is 5.91 Å². The number of benzene rings is 3. The number of hydrogen-bond donors (Lipinski definition) is 1. The van der Waals surface area contributed by atoms with Gasteiger partial charge in [-0.1, -0.05) is 67.6 Å². The van der Waals surface area contributed by atoms with Crippen molar-refractivity contribution in [2.24, 2.45) is 0 Å². The van der Waals surface area contributed by atoms with Crippen molar-refractivity contribution in [1.82, 2.24) is 5.32 Å². The topological polar surface area (TPSA) is 47.6 Å². The van der Waals surface area contributed by atoms with Crippen LogP contribution in [0.1, 0.15) is 18.9 Å². The molecule has 0 fully saturated rings. The first kappa shape index (κ1) is 18.9. The van der Waals surface area contributed by atoms with Crippen LogP contribution in [0.4, 0.5) is 0 Å². The summed E-state index contributed by atoms with van der Waals surface area (Å²) in [6.07, 6.45) is 0.0871. The van der Waals surface area contributed by atoms with Crippen LogP contribution in [0.3, 0.4) is 0 Å². The Morgan fingerprint density at radius 3 is 2.48 bits per heavy atom. The molecule has 0 saturated heterocycles. The Morgan fingerprint density at radius 2 is 1.70 bits per heavy atom. The monoisotopic (exact) mass is 363 g/mol. The number of carbonyl (C=O) groups is 1. The van der Waals surface area contributed by atoms with Crippen molar-refractivity contribution < 1.29 is 14.3 Å². The van der Waals surface area contributed by atoms with E-state index in [9.17, 15) is 4.79 Å². The van der Waals surface area contributed by atoms with Gasteiger partial charge in [0, 0.05) is 6.54 Å². The van der Waals surface area contributed by atoms with Crippen molar-refractivity contribution in [3.05, 3.63) is 78.4 Å². The van der Waals surface area contributed by atoms with Gasteiger partial charge in [-0.15, -0.1) is 0 Å². The van der Waals surface area contributed by atoms with Gasteiger partial charge >= 0.3 is 0 Å².